The number of carbonyl (C=O) groups excluding carboxylic acids is 1. The van der Waals surface area contributed by atoms with Gasteiger partial charge in [-0.15, -0.1) is 0 Å². The SMILES string of the molecule is O=C(CCc1nc(-c2cccc3ccccc23)no1)NCC1CCCO1. The second kappa shape index (κ2) is 7.66. The minimum Gasteiger partial charge on any atom is -0.376 e. The van der Waals surface area contributed by atoms with Crippen molar-refractivity contribution in [1.29, 1.82) is 0 Å². The summed E-state index contributed by atoms with van der Waals surface area (Å²) in [7, 11) is 0. The minimum absolute atomic E-state index is 0.0228. The molecule has 134 valence electrons. The predicted molar refractivity (Wildman–Crippen MR) is 97.5 cm³/mol. The fourth-order valence-electron chi connectivity index (χ4n) is 3.23. The van der Waals surface area contributed by atoms with Crippen LogP contribution in [-0.2, 0) is 16.0 Å². The van der Waals surface area contributed by atoms with Gasteiger partial charge in [0.05, 0.1) is 6.10 Å². The van der Waals surface area contributed by atoms with Crippen molar-refractivity contribution in [2.24, 2.45) is 0 Å². The normalized spacial score (nSPS) is 16.8. The molecular formula is C20H21N3O3. The van der Waals surface area contributed by atoms with Crippen LogP contribution < -0.4 is 5.32 Å². The van der Waals surface area contributed by atoms with Gasteiger partial charge in [-0.05, 0) is 23.6 Å². The molecule has 1 amide bonds. The molecule has 0 aliphatic carbocycles. The van der Waals surface area contributed by atoms with Gasteiger partial charge >= 0.3 is 0 Å². The Hall–Kier alpha value is -2.73. The van der Waals surface area contributed by atoms with Gasteiger partial charge < -0.3 is 14.6 Å². The molecule has 1 atom stereocenters. The largest absolute Gasteiger partial charge is 0.376 e. The number of hydrogen-bond donors (Lipinski definition) is 1. The molecule has 0 bridgehead atoms. The summed E-state index contributed by atoms with van der Waals surface area (Å²) in [5.41, 5.74) is 0.931. The Labute approximate surface area is 151 Å². The first kappa shape index (κ1) is 16.7. The second-order valence-electron chi connectivity index (χ2n) is 6.48. The summed E-state index contributed by atoms with van der Waals surface area (Å²) in [6.45, 7) is 1.36. The zero-order valence-corrected chi connectivity index (χ0v) is 14.5. The van der Waals surface area contributed by atoms with E-state index in [9.17, 15) is 4.79 Å². The molecule has 6 nitrogen and oxygen atoms in total. The number of fused-ring (bicyclic) bond motifs is 1. The van der Waals surface area contributed by atoms with Crippen LogP contribution in [0.15, 0.2) is 47.0 Å². The molecule has 2 aromatic carbocycles. The summed E-state index contributed by atoms with van der Waals surface area (Å²) in [6.07, 6.45) is 2.98. The molecule has 0 saturated carbocycles. The lowest BCUT2D eigenvalue weighted by atomic mass is 10.0. The van der Waals surface area contributed by atoms with Crippen molar-refractivity contribution in [3.63, 3.8) is 0 Å². The lowest BCUT2D eigenvalue weighted by Crippen LogP contribution is -2.31. The van der Waals surface area contributed by atoms with Crippen LogP contribution in [-0.4, -0.2) is 35.3 Å². The van der Waals surface area contributed by atoms with Crippen molar-refractivity contribution in [3.05, 3.63) is 48.4 Å². The van der Waals surface area contributed by atoms with Crippen molar-refractivity contribution in [2.75, 3.05) is 13.2 Å². The van der Waals surface area contributed by atoms with Crippen molar-refractivity contribution in [1.82, 2.24) is 15.5 Å². The van der Waals surface area contributed by atoms with Crippen molar-refractivity contribution in [2.45, 2.75) is 31.8 Å². The van der Waals surface area contributed by atoms with Crippen LogP contribution in [0.25, 0.3) is 22.2 Å². The highest BCUT2D eigenvalue weighted by atomic mass is 16.5. The van der Waals surface area contributed by atoms with Crippen LogP contribution in [0.4, 0.5) is 0 Å². The van der Waals surface area contributed by atoms with E-state index in [-0.39, 0.29) is 12.0 Å². The van der Waals surface area contributed by atoms with Gasteiger partial charge in [-0.2, -0.15) is 4.98 Å². The number of rotatable bonds is 6. The van der Waals surface area contributed by atoms with E-state index < -0.39 is 0 Å². The van der Waals surface area contributed by atoms with Gasteiger partial charge in [0.25, 0.3) is 0 Å². The fraction of sp³-hybridized carbons (Fsp3) is 0.350. The highest BCUT2D eigenvalue weighted by Gasteiger charge is 2.17. The number of nitrogens with zero attached hydrogens (tertiary/aromatic N) is 2. The molecular weight excluding hydrogens is 330 g/mol. The molecule has 1 saturated heterocycles. The van der Waals surface area contributed by atoms with Crippen LogP contribution in [0, 0.1) is 0 Å². The number of hydrogen-bond acceptors (Lipinski definition) is 5. The average Bonchev–Trinajstić information content (AvgIpc) is 3.36. The van der Waals surface area contributed by atoms with Gasteiger partial charge in [-0.25, -0.2) is 0 Å². The van der Waals surface area contributed by atoms with Gasteiger partial charge in [0.1, 0.15) is 0 Å². The molecule has 26 heavy (non-hydrogen) atoms. The monoisotopic (exact) mass is 351 g/mol. The first-order chi connectivity index (χ1) is 12.8. The number of amides is 1. The standard InChI is InChI=1S/C20H21N3O3/c24-18(21-13-15-7-4-12-25-15)10-11-19-22-20(23-26-19)17-9-3-6-14-5-1-2-8-16(14)17/h1-3,5-6,8-9,15H,4,7,10-13H2,(H,21,24). The maximum absolute atomic E-state index is 12.0. The number of nitrogens with one attached hydrogen (secondary N) is 1. The zero-order chi connectivity index (χ0) is 17.8. The lowest BCUT2D eigenvalue weighted by molar-refractivity contribution is -0.121. The minimum atomic E-state index is -0.0228. The molecule has 0 radical (unpaired) electrons. The number of aromatic nitrogens is 2. The van der Waals surface area contributed by atoms with E-state index in [1.807, 2.05) is 30.3 Å². The van der Waals surface area contributed by atoms with E-state index >= 15 is 0 Å². The van der Waals surface area contributed by atoms with Crippen LogP contribution in [0.2, 0.25) is 0 Å². The molecule has 1 N–H and O–H groups in total. The first-order valence-corrected chi connectivity index (χ1v) is 8.98. The molecule has 4 rings (SSSR count). The number of benzene rings is 2. The average molecular weight is 351 g/mol. The second-order valence-corrected chi connectivity index (χ2v) is 6.48. The van der Waals surface area contributed by atoms with Gasteiger partial charge in [0.15, 0.2) is 0 Å². The van der Waals surface area contributed by atoms with Crippen LogP contribution in [0.1, 0.15) is 25.2 Å². The van der Waals surface area contributed by atoms with Gasteiger partial charge in [0, 0.05) is 31.6 Å². The highest BCUT2D eigenvalue weighted by molar-refractivity contribution is 5.94. The molecule has 3 aromatic rings. The summed E-state index contributed by atoms with van der Waals surface area (Å²) in [5, 5.41) is 9.20. The van der Waals surface area contributed by atoms with E-state index in [1.165, 1.54) is 0 Å². The Kier molecular flexibility index (Phi) is 4.93. The van der Waals surface area contributed by atoms with Crippen LogP contribution in [0.5, 0.6) is 0 Å². The van der Waals surface area contributed by atoms with Crippen molar-refractivity contribution in [3.8, 4) is 11.4 Å². The van der Waals surface area contributed by atoms with Crippen molar-refractivity contribution < 1.29 is 14.1 Å². The van der Waals surface area contributed by atoms with E-state index in [0.717, 1.165) is 35.8 Å². The molecule has 0 spiro atoms. The Bertz CT molecular complexity index is 895. The topological polar surface area (TPSA) is 77.2 Å². The van der Waals surface area contributed by atoms with Gasteiger partial charge in [0.2, 0.25) is 17.6 Å². The molecule has 1 aliphatic heterocycles. The number of ether oxygens (including phenoxy) is 1. The molecule has 1 aromatic heterocycles. The predicted octanol–water partition coefficient (Wildman–Crippen LogP) is 3.12. The molecule has 1 unspecified atom stereocenters. The Balaban J connectivity index is 1.37. The Morgan fingerprint density at radius 3 is 2.96 bits per heavy atom. The van der Waals surface area contributed by atoms with Crippen LogP contribution in [0.3, 0.4) is 0 Å². The Morgan fingerprint density at radius 1 is 1.19 bits per heavy atom. The molecule has 1 aliphatic rings. The van der Waals surface area contributed by atoms with E-state index in [2.05, 4.69) is 27.6 Å². The smallest absolute Gasteiger partial charge is 0.227 e. The van der Waals surface area contributed by atoms with Gasteiger partial charge in [-0.1, -0.05) is 47.6 Å². The van der Waals surface area contributed by atoms with Crippen LogP contribution >= 0.6 is 0 Å². The summed E-state index contributed by atoms with van der Waals surface area (Å²) in [6, 6.07) is 14.1. The van der Waals surface area contributed by atoms with E-state index in [0.29, 0.717) is 31.1 Å². The summed E-state index contributed by atoms with van der Waals surface area (Å²) >= 11 is 0. The molecule has 2 heterocycles. The third-order valence-electron chi connectivity index (χ3n) is 4.62. The third kappa shape index (κ3) is 3.75. The summed E-state index contributed by atoms with van der Waals surface area (Å²) in [5.74, 6) is 1.00. The maximum atomic E-state index is 12.0. The third-order valence-corrected chi connectivity index (χ3v) is 4.62. The zero-order valence-electron chi connectivity index (χ0n) is 14.5. The highest BCUT2D eigenvalue weighted by Crippen LogP contribution is 2.26. The fourth-order valence-corrected chi connectivity index (χ4v) is 3.23. The van der Waals surface area contributed by atoms with Crippen molar-refractivity contribution >= 4 is 16.7 Å². The maximum Gasteiger partial charge on any atom is 0.227 e. The first-order valence-electron chi connectivity index (χ1n) is 8.98. The number of carbonyl (C=O) groups is 1. The summed E-state index contributed by atoms with van der Waals surface area (Å²) < 4.78 is 10.8. The molecule has 6 heteroatoms. The quantitative estimate of drug-likeness (QED) is 0.738. The Morgan fingerprint density at radius 2 is 2.08 bits per heavy atom. The van der Waals surface area contributed by atoms with E-state index in [1.54, 1.807) is 0 Å². The molecule has 1 fully saturated rings. The number of aryl methyl sites for hydroxylation is 1. The van der Waals surface area contributed by atoms with Gasteiger partial charge in [-0.3, -0.25) is 4.79 Å². The lowest BCUT2D eigenvalue weighted by Gasteiger charge is -2.09. The van der Waals surface area contributed by atoms with E-state index in [4.69, 9.17) is 9.26 Å². The summed E-state index contributed by atoms with van der Waals surface area (Å²) in [4.78, 5) is 16.4.